The highest BCUT2D eigenvalue weighted by Crippen LogP contribution is 2.29. The van der Waals surface area contributed by atoms with Crippen LogP contribution in [0.25, 0.3) is 0 Å². The normalized spacial score (nSPS) is 34.6. The zero-order valence-electron chi connectivity index (χ0n) is 24.5. The van der Waals surface area contributed by atoms with Crippen LogP contribution in [0.4, 0.5) is 0 Å². The minimum Gasteiger partial charge on any atom is -0.479 e. The molecule has 15 nitrogen and oxygen atoms in total. The predicted octanol–water partition coefficient (Wildman–Crippen LogP) is -1.89. The monoisotopic (exact) mass is 628 g/mol. The quantitative estimate of drug-likeness (QED) is 0.0624. The van der Waals surface area contributed by atoms with Gasteiger partial charge in [-0.3, -0.25) is 0 Å². The molecule has 2 fully saturated rings. The van der Waals surface area contributed by atoms with E-state index in [0.717, 1.165) is 57.8 Å². The van der Waals surface area contributed by atoms with Gasteiger partial charge in [-0.15, -0.1) is 0 Å². The zero-order valence-corrected chi connectivity index (χ0v) is 24.5. The van der Waals surface area contributed by atoms with Crippen LogP contribution in [0.2, 0.25) is 0 Å². The first-order valence-electron chi connectivity index (χ1n) is 15.3. The largest absolute Gasteiger partial charge is 0.479 e. The van der Waals surface area contributed by atoms with Gasteiger partial charge in [0.1, 0.15) is 48.8 Å². The van der Waals surface area contributed by atoms with E-state index >= 15 is 0 Å². The van der Waals surface area contributed by atoms with Gasteiger partial charge in [-0.05, 0) is 12.8 Å². The second-order valence-corrected chi connectivity index (χ2v) is 11.5. The van der Waals surface area contributed by atoms with Crippen LogP contribution in [-0.4, -0.2) is 150 Å². The van der Waals surface area contributed by atoms with Crippen LogP contribution in [-0.2, 0) is 23.7 Å². The molecule has 0 aromatic carbocycles. The Hall–Kier alpha value is -1.05. The topological polar surface area (TPSA) is 256 Å². The summed E-state index contributed by atoms with van der Waals surface area (Å²) in [6, 6.07) is 0. The molecule has 2 aliphatic heterocycles. The summed E-state index contributed by atoms with van der Waals surface area (Å²) >= 11 is 0. The SMILES string of the molecule is O=C(O)[C@@H](O)CCCCCCCCCCCC[C@H](O)CO[C@@H]1O[C@H](CO)[C@@H](O[C@@H]2O[C@H](CO)[C@@H](O)[C@H](O)[C@H]2O)[C@H](O)[C@H]1O. The summed E-state index contributed by atoms with van der Waals surface area (Å²) in [5, 5.41) is 98.6. The number of unbranched alkanes of at least 4 members (excludes halogenated alkanes) is 9. The third-order valence-corrected chi connectivity index (χ3v) is 7.96. The Morgan fingerprint density at radius 3 is 1.65 bits per heavy atom. The summed E-state index contributed by atoms with van der Waals surface area (Å²) in [5.41, 5.74) is 0. The lowest BCUT2D eigenvalue weighted by atomic mass is 9.97. The van der Waals surface area contributed by atoms with Crippen molar-refractivity contribution in [3.63, 3.8) is 0 Å². The molecule has 12 atom stereocenters. The van der Waals surface area contributed by atoms with Crippen LogP contribution >= 0.6 is 0 Å². The highest BCUT2D eigenvalue weighted by molar-refractivity contribution is 5.71. The molecular weight excluding hydrogens is 576 g/mol. The second kappa shape index (κ2) is 20.2. The van der Waals surface area contributed by atoms with E-state index in [-0.39, 0.29) is 13.0 Å². The van der Waals surface area contributed by atoms with E-state index in [4.69, 9.17) is 24.1 Å². The minimum absolute atomic E-state index is 0.186. The summed E-state index contributed by atoms with van der Waals surface area (Å²) < 4.78 is 21.8. The first kappa shape index (κ1) is 38.1. The first-order chi connectivity index (χ1) is 20.5. The van der Waals surface area contributed by atoms with E-state index in [1.807, 2.05) is 0 Å². The Bertz CT molecular complexity index is 756. The van der Waals surface area contributed by atoms with Gasteiger partial charge < -0.3 is 70.0 Å². The maximum atomic E-state index is 10.7. The minimum atomic E-state index is -1.75. The fraction of sp³-hybridized carbons (Fsp3) is 0.964. The molecule has 2 heterocycles. The van der Waals surface area contributed by atoms with E-state index in [9.17, 15) is 50.8 Å². The average Bonchev–Trinajstić information content (AvgIpc) is 2.99. The molecule has 0 aliphatic carbocycles. The number of aliphatic hydroxyl groups excluding tert-OH is 9. The molecule has 0 spiro atoms. The number of hydrogen-bond acceptors (Lipinski definition) is 14. The number of carboxylic acids is 1. The molecule has 15 heteroatoms. The van der Waals surface area contributed by atoms with E-state index in [1.54, 1.807) is 0 Å². The van der Waals surface area contributed by atoms with Gasteiger partial charge in [0.2, 0.25) is 0 Å². The fourth-order valence-electron chi connectivity index (χ4n) is 5.24. The number of ether oxygens (including phenoxy) is 4. The maximum Gasteiger partial charge on any atom is 0.332 e. The number of hydrogen-bond donors (Lipinski definition) is 10. The van der Waals surface area contributed by atoms with Gasteiger partial charge in [0.15, 0.2) is 18.7 Å². The van der Waals surface area contributed by atoms with Crippen LogP contribution < -0.4 is 0 Å². The Balaban J connectivity index is 1.61. The Morgan fingerprint density at radius 2 is 1.12 bits per heavy atom. The molecule has 2 saturated heterocycles. The predicted molar refractivity (Wildman–Crippen MR) is 147 cm³/mol. The van der Waals surface area contributed by atoms with Crippen LogP contribution in [0, 0.1) is 0 Å². The lowest BCUT2D eigenvalue weighted by Crippen LogP contribution is -2.64. The molecule has 0 saturated carbocycles. The molecule has 0 radical (unpaired) electrons. The molecule has 2 aliphatic rings. The van der Waals surface area contributed by atoms with Gasteiger partial charge in [0.05, 0.1) is 25.9 Å². The van der Waals surface area contributed by atoms with Crippen LogP contribution in [0.5, 0.6) is 0 Å². The van der Waals surface area contributed by atoms with E-state index in [2.05, 4.69) is 0 Å². The Morgan fingerprint density at radius 1 is 0.628 bits per heavy atom. The fourth-order valence-corrected chi connectivity index (χ4v) is 5.24. The van der Waals surface area contributed by atoms with Gasteiger partial charge in [-0.25, -0.2) is 4.79 Å². The maximum absolute atomic E-state index is 10.7. The van der Waals surface area contributed by atoms with Gasteiger partial charge in [0, 0.05) is 0 Å². The van der Waals surface area contributed by atoms with Crippen molar-refractivity contribution in [2.75, 3.05) is 19.8 Å². The molecule has 2 rings (SSSR count). The van der Waals surface area contributed by atoms with Crippen molar-refractivity contribution in [3.05, 3.63) is 0 Å². The molecule has 43 heavy (non-hydrogen) atoms. The Kier molecular flexibility index (Phi) is 17.9. The van der Waals surface area contributed by atoms with Crippen LogP contribution in [0.1, 0.15) is 77.0 Å². The molecule has 0 aromatic heterocycles. The van der Waals surface area contributed by atoms with Crippen molar-refractivity contribution in [2.45, 2.75) is 151 Å². The number of aliphatic carboxylic acids is 1. The molecule has 0 bridgehead atoms. The third kappa shape index (κ3) is 12.3. The van der Waals surface area contributed by atoms with E-state index in [0.29, 0.717) is 12.8 Å². The van der Waals surface area contributed by atoms with E-state index < -0.39 is 92.8 Å². The highest BCUT2D eigenvalue weighted by Gasteiger charge is 2.50. The van der Waals surface area contributed by atoms with Gasteiger partial charge >= 0.3 is 5.97 Å². The summed E-state index contributed by atoms with van der Waals surface area (Å²) in [5.74, 6) is -1.17. The third-order valence-electron chi connectivity index (χ3n) is 7.96. The highest BCUT2D eigenvalue weighted by atomic mass is 16.7. The first-order valence-corrected chi connectivity index (χ1v) is 15.3. The standard InChI is InChI=1S/C28H52O15/c29-13-18-20(33)21(34)23(36)28(41-18)43-25-19(14-30)42-27(24(37)22(25)35)40-15-16(31)11-9-7-5-3-1-2-4-6-8-10-12-17(32)26(38)39/h16-25,27-37H,1-15H2,(H,38,39)/t16-,17-,18+,19+,20+,21-,22+,23+,24+,25+,27+,28-/m0/s1. The summed E-state index contributed by atoms with van der Waals surface area (Å²) in [7, 11) is 0. The molecule has 10 N–H and O–H groups in total. The molecule has 0 amide bonds. The second-order valence-electron chi connectivity index (χ2n) is 11.5. The van der Waals surface area contributed by atoms with Crippen molar-refractivity contribution in [1.29, 1.82) is 0 Å². The smallest absolute Gasteiger partial charge is 0.332 e. The summed E-state index contributed by atoms with van der Waals surface area (Å²) in [4.78, 5) is 10.6. The number of carbonyl (C=O) groups is 1. The van der Waals surface area contributed by atoms with Crippen molar-refractivity contribution < 1.29 is 74.8 Å². The number of aliphatic hydroxyl groups is 9. The van der Waals surface area contributed by atoms with Gasteiger partial charge in [-0.2, -0.15) is 0 Å². The lowest BCUT2D eigenvalue weighted by molar-refractivity contribution is -0.360. The average molecular weight is 629 g/mol. The Labute approximate surface area is 251 Å². The zero-order chi connectivity index (χ0) is 31.9. The van der Waals surface area contributed by atoms with E-state index in [1.165, 1.54) is 0 Å². The molecular formula is C28H52O15. The van der Waals surface area contributed by atoms with Gasteiger partial charge in [0.25, 0.3) is 0 Å². The van der Waals surface area contributed by atoms with Crippen molar-refractivity contribution in [1.82, 2.24) is 0 Å². The number of rotatable bonds is 21. The van der Waals surface area contributed by atoms with Crippen molar-refractivity contribution >= 4 is 5.97 Å². The van der Waals surface area contributed by atoms with Crippen molar-refractivity contribution in [3.8, 4) is 0 Å². The molecule has 254 valence electrons. The summed E-state index contributed by atoms with van der Waals surface area (Å²) in [6.45, 7) is -1.55. The molecule has 0 aromatic rings. The molecule has 0 unspecified atom stereocenters. The van der Waals surface area contributed by atoms with Gasteiger partial charge in [-0.1, -0.05) is 64.2 Å². The van der Waals surface area contributed by atoms with Crippen LogP contribution in [0.15, 0.2) is 0 Å². The lowest BCUT2D eigenvalue weighted by Gasteiger charge is -2.46. The number of carboxylic acid groups (broad SMARTS) is 1. The summed E-state index contributed by atoms with van der Waals surface area (Å²) in [6.07, 6.45) is -7.05. The van der Waals surface area contributed by atoms with Crippen LogP contribution in [0.3, 0.4) is 0 Å². The van der Waals surface area contributed by atoms with Crippen molar-refractivity contribution in [2.24, 2.45) is 0 Å².